The van der Waals surface area contributed by atoms with Crippen LogP contribution in [0.5, 0.6) is 11.8 Å². The average Bonchev–Trinajstić information content (AvgIpc) is 2.32. The van der Waals surface area contributed by atoms with E-state index >= 15 is 0 Å². The van der Waals surface area contributed by atoms with Crippen molar-refractivity contribution < 1.29 is 9.13 Å². The Morgan fingerprint density at radius 3 is 2.06 bits per heavy atom. The summed E-state index contributed by atoms with van der Waals surface area (Å²) in [5.74, 6) is 0.214. The van der Waals surface area contributed by atoms with Gasteiger partial charge in [0.1, 0.15) is 11.6 Å². The maximum atomic E-state index is 12.7. The minimum Gasteiger partial charge on any atom is -0.424 e. The normalized spacial score (nSPS) is 11.3. The van der Waals surface area contributed by atoms with Crippen LogP contribution in [-0.4, -0.2) is 9.97 Å². The summed E-state index contributed by atoms with van der Waals surface area (Å²) in [6.07, 6.45) is 3.48. The Kier molecular flexibility index (Phi) is 3.28. The van der Waals surface area contributed by atoms with Gasteiger partial charge in [0, 0.05) is 12.4 Å². The SMILES string of the molecule is CC(C)(C)c1cnc(Oc2ccc(F)cc2)nc1. The van der Waals surface area contributed by atoms with Gasteiger partial charge in [0.05, 0.1) is 0 Å². The first-order chi connectivity index (χ1) is 8.45. The van der Waals surface area contributed by atoms with Crippen molar-refractivity contribution in [3.05, 3.63) is 48.0 Å². The van der Waals surface area contributed by atoms with Gasteiger partial charge in [-0.15, -0.1) is 0 Å². The third-order valence-electron chi connectivity index (χ3n) is 2.52. The minimum absolute atomic E-state index is 0.00834. The van der Waals surface area contributed by atoms with Gasteiger partial charge in [0.2, 0.25) is 0 Å². The van der Waals surface area contributed by atoms with Crippen LogP contribution in [0.3, 0.4) is 0 Å². The predicted octanol–water partition coefficient (Wildman–Crippen LogP) is 3.71. The van der Waals surface area contributed by atoms with E-state index in [1.54, 1.807) is 12.4 Å². The fourth-order valence-corrected chi connectivity index (χ4v) is 1.36. The monoisotopic (exact) mass is 246 g/mol. The maximum absolute atomic E-state index is 12.7. The molecule has 4 heteroatoms. The van der Waals surface area contributed by atoms with Gasteiger partial charge in [-0.2, -0.15) is 0 Å². The second-order valence-corrected chi connectivity index (χ2v) is 5.06. The fraction of sp³-hybridized carbons (Fsp3) is 0.286. The van der Waals surface area contributed by atoms with Gasteiger partial charge in [-0.3, -0.25) is 0 Å². The van der Waals surface area contributed by atoms with Crippen LogP contribution in [0, 0.1) is 5.82 Å². The van der Waals surface area contributed by atoms with Crippen molar-refractivity contribution in [1.29, 1.82) is 0 Å². The van der Waals surface area contributed by atoms with Crippen molar-refractivity contribution in [1.82, 2.24) is 9.97 Å². The molecule has 94 valence electrons. The van der Waals surface area contributed by atoms with E-state index in [1.165, 1.54) is 24.3 Å². The summed E-state index contributed by atoms with van der Waals surface area (Å²) < 4.78 is 18.1. The molecule has 0 bridgehead atoms. The largest absolute Gasteiger partial charge is 0.424 e. The Bertz CT molecular complexity index is 515. The number of ether oxygens (including phenoxy) is 1. The van der Waals surface area contributed by atoms with Crippen LogP contribution in [0.4, 0.5) is 4.39 Å². The molecule has 0 fully saturated rings. The molecule has 1 aromatic heterocycles. The first kappa shape index (κ1) is 12.5. The molecule has 2 rings (SSSR count). The van der Waals surface area contributed by atoms with Crippen molar-refractivity contribution >= 4 is 0 Å². The maximum Gasteiger partial charge on any atom is 0.321 e. The van der Waals surface area contributed by atoms with E-state index in [0.29, 0.717) is 5.75 Å². The lowest BCUT2D eigenvalue weighted by Crippen LogP contribution is -2.12. The second-order valence-electron chi connectivity index (χ2n) is 5.06. The fourth-order valence-electron chi connectivity index (χ4n) is 1.36. The molecule has 0 saturated carbocycles. The van der Waals surface area contributed by atoms with Gasteiger partial charge in [0.25, 0.3) is 0 Å². The number of aromatic nitrogens is 2. The quantitative estimate of drug-likeness (QED) is 0.810. The molecule has 0 aliphatic heterocycles. The summed E-state index contributed by atoms with van der Waals surface area (Å²) >= 11 is 0. The van der Waals surface area contributed by atoms with Crippen LogP contribution in [0.1, 0.15) is 26.3 Å². The van der Waals surface area contributed by atoms with E-state index in [2.05, 4.69) is 30.7 Å². The number of nitrogens with zero attached hydrogens (tertiary/aromatic N) is 2. The van der Waals surface area contributed by atoms with Crippen molar-refractivity contribution in [3.8, 4) is 11.8 Å². The predicted molar refractivity (Wildman–Crippen MR) is 67.2 cm³/mol. The van der Waals surface area contributed by atoms with Crippen molar-refractivity contribution in [2.45, 2.75) is 26.2 Å². The van der Waals surface area contributed by atoms with Gasteiger partial charge in [0.15, 0.2) is 0 Å². The van der Waals surface area contributed by atoms with E-state index in [1.807, 2.05) is 0 Å². The average molecular weight is 246 g/mol. The van der Waals surface area contributed by atoms with Gasteiger partial charge >= 0.3 is 6.01 Å². The first-order valence-electron chi connectivity index (χ1n) is 5.71. The summed E-state index contributed by atoms with van der Waals surface area (Å²) in [4.78, 5) is 8.27. The molecule has 0 saturated heterocycles. The number of benzene rings is 1. The number of halogens is 1. The zero-order valence-electron chi connectivity index (χ0n) is 10.6. The molecule has 0 aliphatic carbocycles. The number of hydrogen-bond donors (Lipinski definition) is 0. The summed E-state index contributed by atoms with van der Waals surface area (Å²) in [5, 5.41) is 0. The first-order valence-corrected chi connectivity index (χ1v) is 5.71. The van der Waals surface area contributed by atoms with Crippen molar-refractivity contribution in [3.63, 3.8) is 0 Å². The Balaban J connectivity index is 2.13. The van der Waals surface area contributed by atoms with Crippen LogP contribution < -0.4 is 4.74 Å². The van der Waals surface area contributed by atoms with E-state index in [9.17, 15) is 4.39 Å². The molecule has 1 aromatic carbocycles. The lowest BCUT2D eigenvalue weighted by Gasteiger charge is -2.17. The van der Waals surface area contributed by atoms with Crippen molar-refractivity contribution in [2.75, 3.05) is 0 Å². The van der Waals surface area contributed by atoms with E-state index in [4.69, 9.17) is 4.74 Å². The smallest absolute Gasteiger partial charge is 0.321 e. The molecule has 0 N–H and O–H groups in total. The lowest BCUT2D eigenvalue weighted by molar-refractivity contribution is 0.437. The highest BCUT2D eigenvalue weighted by Gasteiger charge is 2.14. The Hall–Kier alpha value is -1.97. The zero-order valence-corrected chi connectivity index (χ0v) is 10.6. The third-order valence-corrected chi connectivity index (χ3v) is 2.52. The third kappa shape index (κ3) is 3.03. The van der Waals surface area contributed by atoms with E-state index in [-0.39, 0.29) is 17.2 Å². The van der Waals surface area contributed by atoms with Gasteiger partial charge in [-0.1, -0.05) is 20.8 Å². The molecule has 0 atom stereocenters. The Morgan fingerprint density at radius 1 is 1.00 bits per heavy atom. The molecule has 0 radical (unpaired) electrons. The van der Waals surface area contributed by atoms with Crippen LogP contribution in [0.25, 0.3) is 0 Å². The zero-order chi connectivity index (χ0) is 13.2. The summed E-state index contributed by atoms with van der Waals surface area (Å²) in [6.45, 7) is 6.27. The molecule has 0 amide bonds. The summed E-state index contributed by atoms with van der Waals surface area (Å²) in [7, 11) is 0. The Morgan fingerprint density at radius 2 is 1.56 bits per heavy atom. The topological polar surface area (TPSA) is 35.0 Å². The van der Waals surface area contributed by atoms with Crippen LogP contribution in [0.2, 0.25) is 0 Å². The van der Waals surface area contributed by atoms with Gasteiger partial charge in [-0.25, -0.2) is 14.4 Å². The van der Waals surface area contributed by atoms with Crippen molar-refractivity contribution in [2.24, 2.45) is 0 Å². The highest BCUT2D eigenvalue weighted by molar-refractivity contribution is 5.25. The van der Waals surface area contributed by atoms with Gasteiger partial charge < -0.3 is 4.74 Å². The Labute approximate surface area is 106 Å². The van der Waals surface area contributed by atoms with Crippen LogP contribution in [-0.2, 0) is 5.41 Å². The second kappa shape index (κ2) is 4.72. The summed E-state index contributed by atoms with van der Waals surface area (Å²) in [6, 6.07) is 6.00. The highest BCUT2D eigenvalue weighted by Crippen LogP contribution is 2.22. The number of hydrogen-bond acceptors (Lipinski definition) is 3. The molecular weight excluding hydrogens is 231 g/mol. The highest BCUT2D eigenvalue weighted by atomic mass is 19.1. The minimum atomic E-state index is -0.300. The summed E-state index contributed by atoms with van der Waals surface area (Å²) in [5.41, 5.74) is 1.04. The lowest BCUT2D eigenvalue weighted by atomic mass is 9.89. The molecular formula is C14H15FN2O. The molecule has 0 unspecified atom stereocenters. The van der Waals surface area contributed by atoms with Gasteiger partial charge in [-0.05, 0) is 35.2 Å². The molecule has 0 aliphatic rings. The van der Waals surface area contributed by atoms with E-state index in [0.717, 1.165) is 5.56 Å². The standard InChI is InChI=1S/C14H15FN2O/c1-14(2,3)10-8-16-13(17-9-10)18-12-6-4-11(15)5-7-12/h4-9H,1-3H3. The molecule has 0 spiro atoms. The molecule has 2 aromatic rings. The van der Waals surface area contributed by atoms with Crippen LogP contribution >= 0.6 is 0 Å². The molecule has 18 heavy (non-hydrogen) atoms. The molecule has 1 heterocycles. The van der Waals surface area contributed by atoms with E-state index < -0.39 is 0 Å². The number of rotatable bonds is 2. The van der Waals surface area contributed by atoms with Crippen LogP contribution in [0.15, 0.2) is 36.7 Å². The molecule has 3 nitrogen and oxygen atoms in total.